The first-order chi connectivity index (χ1) is 6.54. The van der Waals surface area contributed by atoms with E-state index in [9.17, 15) is 5.11 Å². The SMILES string of the molecule is Cc1cc(C)c(CC(O)CBr)c(C)c1. The molecular weight excluding hydrogens is 240 g/mol. The summed E-state index contributed by atoms with van der Waals surface area (Å²) >= 11 is 3.29. The van der Waals surface area contributed by atoms with Crippen LogP contribution >= 0.6 is 15.9 Å². The van der Waals surface area contributed by atoms with Crippen LogP contribution in [0.2, 0.25) is 0 Å². The summed E-state index contributed by atoms with van der Waals surface area (Å²) in [6.07, 6.45) is 0.457. The molecule has 0 aromatic heterocycles. The van der Waals surface area contributed by atoms with E-state index >= 15 is 0 Å². The number of rotatable bonds is 3. The van der Waals surface area contributed by atoms with Gasteiger partial charge in [-0.15, -0.1) is 0 Å². The fraction of sp³-hybridized carbons (Fsp3) is 0.500. The third kappa shape index (κ3) is 2.82. The molecule has 2 heteroatoms. The minimum atomic E-state index is -0.282. The maximum atomic E-state index is 9.58. The smallest absolute Gasteiger partial charge is 0.0677 e. The number of alkyl halides is 1. The summed E-state index contributed by atoms with van der Waals surface area (Å²) in [5.41, 5.74) is 5.13. The first-order valence-corrected chi connectivity index (χ1v) is 5.97. The number of aryl methyl sites for hydroxylation is 3. The van der Waals surface area contributed by atoms with Crippen molar-refractivity contribution >= 4 is 15.9 Å². The van der Waals surface area contributed by atoms with Gasteiger partial charge >= 0.3 is 0 Å². The third-order valence-electron chi connectivity index (χ3n) is 2.46. The quantitative estimate of drug-likeness (QED) is 0.825. The number of aliphatic hydroxyl groups is 1. The van der Waals surface area contributed by atoms with Gasteiger partial charge in [0, 0.05) is 5.33 Å². The Kier molecular flexibility index (Phi) is 4.14. The number of hydrogen-bond acceptors (Lipinski definition) is 1. The van der Waals surface area contributed by atoms with Crippen LogP contribution < -0.4 is 0 Å². The first-order valence-electron chi connectivity index (χ1n) is 4.85. The van der Waals surface area contributed by atoms with Crippen molar-refractivity contribution in [2.45, 2.75) is 33.3 Å². The Morgan fingerprint density at radius 3 is 2.14 bits per heavy atom. The van der Waals surface area contributed by atoms with Crippen molar-refractivity contribution < 1.29 is 5.11 Å². The van der Waals surface area contributed by atoms with Crippen LogP contribution in [0.25, 0.3) is 0 Å². The zero-order valence-electron chi connectivity index (χ0n) is 8.97. The monoisotopic (exact) mass is 256 g/mol. The van der Waals surface area contributed by atoms with Crippen LogP contribution in [0.15, 0.2) is 12.1 Å². The molecule has 0 fully saturated rings. The van der Waals surface area contributed by atoms with Gasteiger partial charge in [0.05, 0.1) is 6.10 Å². The second-order valence-corrected chi connectivity index (χ2v) is 4.54. The summed E-state index contributed by atoms with van der Waals surface area (Å²) in [5, 5.41) is 10.2. The third-order valence-corrected chi connectivity index (χ3v) is 3.21. The summed E-state index contributed by atoms with van der Waals surface area (Å²) in [4.78, 5) is 0. The van der Waals surface area contributed by atoms with E-state index in [1.54, 1.807) is 0 Å². The van der Waals surface area contributed by atoms with Gasteiger partial charge in [-0.25, -0.2) is 0 Å². The molecule has 1 unspecified atom stereocenters. The number of benzene rings is 1. The van der Waals surface area contributed by atoms with E-state index in [1.807, 2.05) is 0 Å². The molecular formula is C12H17BrO. The second kappa shape index (κ2) is 4.94. The summed E-state index contributed by atoms with van der Waals surface area (Å²) in [6.45, 7) is 6.32. The molecule has 1 N–H and O–H groups in total. The van der Waals surface area contributed by atoms with Crippen LogP contribution in [-0.2, 0) is 6.42 Å². The molecule has 0 spiro atoms. The van der Waals surface area contributed by atoms with Gasteiger partial charge in [-0.2, -0.15) is 0 Å². The lowest BCUT2D eigenvalue weighted by molar-refractivity contribution is 0.201. The maximum Gasteiger partial charge on any atom is 0.0677 e. The fourth-order valence-electron chi connectivity index (χ4n) is 1.82. The van der Waals surface area contributed by atoms with E-state index in [4.69, 9.17) is 0 Å². The Labute approximate surface area is 94.3 Å². The topological polar surface area (TPSA) is 20.2 Å². The highest BCUT2D eigenvalue weighted by atomic mass is 79.9. The maximum absolute atomic E-state index is 9.58. The number of halogens is 1. The Bertz CT molecular complexity index is 297. The lowest BCUT2D eigenvalue weighted by Crippen LogP contribution is -2.13. The van der Waals surface area contributed by atoms with E-state index in [1.165, 1.54) is 22.3 Å². The molecule has 1 nitrogen and oxygen atoms in total. The van der Waals surface area contributed by atoms with E-state index in [0.717, 1.165) is 6.42 Å². The highest BCUT2D eigenvalue weighted by molar-refractivity contribution is 9.09. The van der Waals surface area contributed by atoms with Gasteiger partial charge in [0.15, 0.2) is 0 Å². The molecule has 0 aliphatic rings. The standard InChI is InChI=1S/C12H17BrO/c1-8-4-9(2)12(10(3)5-8)6-11(14)7-13/h4-5,11,14H,6-7H2,1-3H3. The molecule has 0 saturated heterocycles. The average Bonchev–Trinajstić information content (AvgIpc) is 2.10. The molecule has 0 aliphatic carbocycles. The van der Waals surface area contributed by atoms with E-state index in [-0.39, 0.29) is 6.10 Å². The number of hydrogen-bond donors (Lipinski definition) is 1. The Balaban J connectivity index is 2.96. The molecule has 0 bridgehead atoms. The summed E-state index contributed by atoms with van der Waals surface area (Å²) in [7, 11) is 0. The van der Waals surface area contributed by atoms with Crippen LogP contribution in [0, 0.1) is 20.8 Å². The van der Waals surface area contributed by atoms with Gasteiger partial charge in [0.1, 0.15) is 0 Å². The van der Waals surface area contributed by atoms with E-state index in [0.29, 0.717) is 5.33 Å². The van der Waals surface area contributed by atoms with Crippen molar-refractivity contribution in [3.63, 3.8) is 0 Å². The molecule has 0 saturated carbocycles. The van der Waals surface area contributed by atoms with Crippen LogP contribution in [0.1, 0.15) is 22.3 Å². The van der Waals surface area contributed by atoms with Gasteiger partial charge in [0.25, 0.3) is 0 Å². The average molecular weight is 257 g/mol. The molecule has 78 valence electrons. The summed E-state index contributed by atoms with van der Waals surface area (Å²) in [5.74, 6) is 0. The molecule has 1 atom stereocenters. The van der Waals surface area contributed by atoms with Crippen molar-refractivity contribution in [2.24, 2.45) is 0 Å². The van der Waals surface area contributed by atoms with Crippen LogP contribution in [0.5, 0.6) is 0 Å². The molecule has 0 radical (unpaired) electrons. The zero-order chi connectivity index (χ0) is 10.7. The predicted octanol–water partition coefficient (Wildman–Crippen LogP) is 2.91. The molecule has 0 aliphatic heterocycles. The van der Waals surface area contributed by atoms with Crippen molar-refractivity contribution in [3.8, 4) is 0 Å². The Morgan fingerprint density at radius 2 is 1.71 bits per heavy atom. The van der Waals surface area contributed by atoms with Gasteiger partial charge in [-0.3, -0.25) is 0 Å². The first kappa shape index (κ1) is 11.7. The predicted molar refractivity (Wildman–Crippen MR) is 64.2 cm³/mol. The van der Waals surface area contributed by atoms with Gasteiger partial charge in [0.2, 0.25) is 0 Å². The number of aliphatic hydroxyl groups excluding tert-OH is 1. The van der Waals surface area contributed by atoms with Crippen molar-refractivity contribution in [2.75, 3.05) is 5.33 Å². The molecule has 14 heavy (non-hydrogen) atoms. The second-order valence-electron chi connectivity index (χ2n) is 3.89. The fourth-order valence-corrected chi connectivity index (χ4v) is 2.05. The van der Waals surface area contributed by atoms with Crippen molar-refractivity contribution in [3.05, 3.63) is 34.4 Å². The van der Waals surface area contributed by atoms with Crippen LogP contribution in [-0.4, -0.2) is 16.5 Å². The molecule has 1 aromatic rings. The highest BCUT2D eigenvalue weighted by Gasteiger charge is 2.08. The van der Waals surface area contributed by atoms with E-state index < -0.39 is 0 Å². The Hall–Kier alpha value is -0.340. The lowest BCUT2D eigenvalue weighted by atomic mass is 9.96. The van der Waals surface area contributed by atoms with Crippen LogP contribution in [0.4, 0.5) is 0 Å². The zero-order valence-corrected chi connectivity index (χ0v) is 10.6. The minimum absolute atomic E-state index is 0.282. The summed E-state index contributed by atoms with van der Waals surface area (Å²) < 4.78 is 0. The normalized spacial score (nSPS) is 12.9. The van der Waals surface area contributed by atoms with Crippen molar-refractivity contribution in [1.82, 2.24) is 0 Å². The van der Waals surface area contributed by atoms with Gasteiger partial charge in [-0.05, 0) is 43.9 Å². The highest BCUT2D eigenvalue weighted by Crippen LogP contribution is 2.18. The molecule has 0 amide bonds. The minimum Gasteiger partial charge on any atom is -0.392 e. The van der Waals surface area contributed by atoms with Crippen LogP contribution in [0.3, 0.4) is 0 Å². The lowest BCUT2D eigenvalue weighted by Gasteiger charge is -2.13. The van der Waals surface area contributed by atoms with Gasteiger partial charge in [-0.1, -0.05) is 33.6 Å². The van der Waals surface area contributed by atoms with Gasteiger partial charge < -0.3 is 5.11 Å². The van der Waals surface area contributed by atoms with Crippen molar-refractivity contribution in [1.29, 1.82) is 0 Å². The Morgan fingerprint density at radius 1 is 1.21 bits per heavy atom. The largest absolute Gasteiger partial charge is 0.392 e. The molecule has 1 aromatic carbocycles. The summed E-state index contributed by atoms with van der Waals surface area (Å²) in [6, 6.07) is 4.34. The molecule has 0 heterocycles. The molecule has 1 rings (SSSR count). The van der Waals surface area contributed by atoms with E-state index in [2.05, 4.69) is 48.8 Å².